The molecule has 0 aromatic heterocycles. The van der Waals surface area contributed by atoms with Crippen LogP contribution < -0.4 is 0 Å². The van der Waals surface area contributed by atoms with E-state index in [9.17, 15) is 5.11 Å². The maximum absolute atomic E-state index is 10.3. The minimum Gasteiger partial charge on any atom is -0.390 e. The first-order valence-electron chi connectivity index (χ1n) is 7.56. The van der Waals surface area contributed by atoms with Gasteiger partial charge in [0.2, 0.25) is 0 Å². The van der Waals surface area contributed by atoms with Gasteiger partial charge in [-0.05, 0) is 33.6 Å². The third-order valence-electron chi connectivity index (χ3n) is 5.23. The summed E-state index contributed by atoms with van der Waals surface area (Å²) < 4.78 is 17.2. The van der Waals surface area contributed by atoms with Gasteiger partial charge < -0.3 is 19.3 Å². The highest BCUT2D eigenvalue weighted by Gasteiger charge is 2.65. The number of hydrogen-bond donors (Lipinski definition) is 1. The number of allylic oxidation sites excluding steroid dienone is 1. The monoisotopic (exact) mass is 282 g/mol. The molecule has 1 aliphatic carbocycles. The van der Waals surface area contributed by atoms with Crippen LogP contribution in [-0.2, 0) is 14.2 Å². The fourth-order valence-electron chi connectivity index (χ4n) is 3.78. The van der Waals surface area contributed by atoms with Crippen LogP contribution in [0.2, 0.25) is 0 Å². The van der Waals surface area contributed by atoms with Crippen LogP contribution in [0.1, 0.15) is 40.0 Å². The Morgan fingerprint density at radius 1 is 1.40 bits per heavy atom. The van der Waals surface area contributed by atoms with Crippen LogP contribution in [0.15, 0.2) is 11.6 Å². The van der Waals surface area contributed by atoms with Gasteiger partial charge in [-0.2, -0.15) is 0 Å². The SMILES string of the molecule is COC1C(O)CC2(CO2)CC1C1(C)OC1CC=C(C)C. The molecular formula is C16H26O4. The van der Waals surface area contributed by atoms with E-state index in [1.165, 1.54) is 5.57 Å². The summed E-state index contributed by atoms with van der Waals surface area (Å²) in [4.78, 5) is 0. The minimum atomic E-state index is -0.452. The molecule has 3 rings (SSSR count). The summed E-state index contributed by atoms with van der Waals surface area (Å²) in [6.07, 6.45) is 4.43. The second-order valence-corrected chi connectivity index (χ2v) is 7.06. The Labute approximate surface area is 121 Å². The third kappa shape index (κ3) is 2.43. The van der Waals surface area contributed by atoms with E-state index in [-0.39, 0.29) is 29.3 Å². The van der Waals surface area contributed by atoms with Crippen molar-refractivity contribution in [3.63, 3.8) is 0 Å². The lowest BCUT2D eigenvalue weighted by atomic mass is 9.71. The first-order valence-corrected chi connectivity index (χ1v) is 7.56. The Hall–Kier alpha value is -0.420. The molecule has 6 atom stereocenters. The van der Waals surface area contributed by atoms with Gasteiger partial charge in [0.1, 0.15) is 0 Å². The Morgan fingerprint density at radius 2 is 2.10 bits per heavy atom. The molecule has 3 fully saturated rings. The molecule has 0 radical (unpaired) electrons. The lowest BCUT2D eigenvalue weighted by molar-refractivity contribution is -0.106. The Bertz CT molecular complexity index is 411. The molecule has 114 valence electrons. The van der Waals surface area contributed by atoms with Crippen molar-refractivity contribution in [2.75, 3.05) is 13.7 Å². The first-order chi connectivity index (χ1) is 9.40. The van der Waals surface area contributed by atoms with Crippen molar-refractivity contribution >= 4 is 0 Å². The van der Waals surface area contributed by atoms with E-state index in [2.05, 4.69) is 26.8 Å². The number of hydrogen-bond acceptors (Lipinski definition) is 4. The van der Waals surface area contributed by atoms with Gasteiger partial charge in [0.05, 0.1) is 36.1 Å². The van der Waals surface area contributed by atoms with Gasteiger partial charge in [-0.3, -0.25) is 0 Å². The molecule has 0 bridgehead atoms. The molecule has 6 unspecified atom stereocenters. The highest BCUT2D eigenvalue weighted by atomic mass is 16.6. The lowest BCUT2D eigenvalue weighted by Gasteiger charge is -2.40. The van der Waals surface area contributed by atoms with Crippen LogP contribution in [0, 0.1) is 5.92 Å². The number of epoxide rings is 2. The predicted octanol–water partition coefficient (Wildman–Crippen LogP) is 2.06. The second-order valence-electron chi connectivity index (χ2n) is 7.06. The van der Waals surface area contributed by atoms with E-state index in [4.69, 9.17) is 14.2 Å². The molecule has 2 heterocycles. The van der Waals surface area contributed by atoms with Gasteiger partial charge in [0.15, 0.2) is 0 Å². The van der Waals surface area contributed by atoms with Crippen LogP contribution in [0.3, 0.4) is 0 Å². The number of methoxy groups -OCH3 is 1. The summed E-state index contributed by atoms with van der Waals surface area (Å²) in [7, 11) is 1.68. The zero-order chi connectivity index (χ0) is 14.5. The number of rotatable bonds is 4. The van der Waals surface area contributed by atoms with Crippen molar-refractivity contribution in [3.05, 3.63) is 11.6 Å². The summed E-state index contributed by atoms with van der Waals surface area (Å²) in [5, 5.41) is 10.3. The molecular weight excluding hydrogens is 256 g/mol. The predicted molar refractivity (Wildman–Crippen MR) is 75.5 cm³/mol. The Balaban J connectivity index is 1.72. The van der Waals surface area contributed by atoms with Crippen molar-refractivity contribution in [3.8, 4) is 0 Å². The van der Waals surface area contributed by atoms with E-state index in [1.807, 2.05) is 0 Å². The van der Waals surface area contributed by atoms with Gasteiger partial charge in [-0.15, -0.1) is 0 Å². The van der Waals surface area contributed by atoms with Crippen molar-refractivity contribution in [2.45, 2.75) is 69.5 Å². The van der Waals surface area contributed by atoms with Crippen LogP contribution in [0.5, 0.6) is 0 Å². The zero-order valence-electron chi connectivity index (χ0n) is 12.9. The van der Waals surface area contributed by atoms with Gasteiger partial charge in [0, 0.05) is 19.4 Å². The van der Waals surface area contributed by atoms with Gasteiger partial charge >= 0.3 is 0 Å². The van der Waals surface area contributed by atoms with Crippen molar-refractivity contribution in [1.82, 2.24) is 0 Å². The molecule has 1 spiro atoms. The van der Waals surface area contributed by atoms with E-state index in [1.54, 1.807) is 7.11 Å². The highest BCUT2D eigenvalue weighted by Crippen LogP contribution is 2.55. The van der Waals surface area contributed by atoms with E-state index < -0.39 is 6.10 Å². The molecule has 2 aliphatic heterocycles. The van der Waals surface area contributed by atoms with Gasteiger partial charge in [-0.25, -0.2) is 0 Å². The van der Waals surface area contributed by atoms with Crippen LogP contribution in [-0.4, -0.2) is 48.3 Å². The van der Waals surface area contributed by atoms with E-state index in [0.29, 0.717) is 6.42 Å². The zero-order valence-corrected chi connectivity index (χ0v) is 12.9. The average molecular weight is 282 g/mol. The highest BCUT2D eigenvalue weighted by molar-refractivity contribution is 5.16. The Morgan fingerprint density at radius 3 is 2.65 bits per heavy atom. The lowest BCUT2D eigenvalue weighted by Crippen LogP contribution is -2.51. The third-order valence-corrected chi connectivity index (χ3v) is 5.23. The Kier molecular flexibility index (Phi) is 3.49. The summed E-state index contributed by atoms with van der Waals surface area (Å²) in [6, 6.07) is 0. The number of ether oxygens (including phenoxy) is 3. The van der Waals surface area contributed by atoms with Crippen LogP contribution in [0.4, 0.5) is 0 Å². The first kappa shape index (κ1) is 14.5. The van der Waals surface area contributed by atoms with Gasteiger partial charge in [-0.1, -0.05) is 11.6 Å². The minimum absolute atomic E-state index is 0.102. The van der Waals surface area contributed by atoms with Crippen molar-refractivity contribution in [1.29, 1.82) is 0 Å². The molecule has 0 amide bonds. The maximum atomic E-state index is 10.3. The molecule has 0 aromatic carbocycles. The standard InChI is InChI=1S/C16H26O4/c1-10(2)5-6-13-15(3,20-13)11-7-16(9-19-16)8-12(17)14(11)18-4/h5,11-14,17H,6-9H2,1-4H3. The summed E-state index contributed by atoms with van der Waals surface area (Å²) >= 11 is 0. The van der Waals surface area contributed by atoms with Gasteiger partial charge in [0.25, 0.3) is 0 Å². The quantitative estimate of drug-likeness (QED) is 0.633. The fraction of sp³-hybridized carbons (Fsp3) is 0.875. The van der Waals surface area contributed by atoms with Crippen LogP contribution >= 0.6 is 0 Å². The largest absolute Gasteiger partial charge is 0.390 e. The smallest absolute Gasteiger partial charge is 0.0978 e. The summed E-state index contributed by atoms with van der Waals surface area (Å²) in [5.41, 5.74) is 1.03. The number of aliphatic hydroxyl groups excluding tert-OH is 1. The normalized spacial score (nSPS) is 50.0. The molecule has 4 heteroatoms. The number of aliphatic hydroxyl groups is 1. The van der Waals surface area contributed by atoms with Crippen molar-refractivity contribution < 1.29 is 19.3 Å². The van der Waals surface area contributed by atoms with Crippen LogP contribution in [0.25, 0.3) is 0 Å². The topological polar surface area (TPSA) is 54.5 Å². The average Bonchev–Trinajstić information content (AvgIpc) is 3.26. The molecule has 0 aromatic rings. The molecule has 4 nitrogen and oxygen atoms in total. The molecule has 2 saturated heterocycles. The molecule has 3 aliphatic rings. The van der Waals surface area contributed by atoms with Crippen molar-refractivity contribution in [2.24, 2.45) is 5.92 Å². The fourth-order valence-corrected chi connectivity index (χ4v) is 3.78. The molecule has 1 saturated carbocycles. The maximum Gasteiger partial charge on any atom is 0.0978 e. The summed E-state index contributed by atoms with van der Waals surface area (Å²) in [5.74, 6) is 0.203. The molecule has 1 N–H and O–H groups in total. The van der Waals surface area contributed by atoms with E-state index >= 15 is 0 Å². The second kappa shape index (κ2) is 4.80. The molecule has 20 heavy (non-hydrogen) atoms. The summed E-state index contributed by atoms with van der Waals surface area (Å²) in [6.45, 7) is 7.14. The van der Waals surface area contributed by atoms with E-state index in [0.717, 1.165) is 19.4 Å².